The van der Waals surface area contributed by atoms with Crippen LogP contribution in [0.1, 0.15) is 6.92 Å². The Balaban J connectivity index is 2.21. The van der Waals surface area contributed by atoms with Crippen LogP contribution in [0.15, 0.2) is 27.1 Å². The van der Waals surface area contributed by atoms with Gasteiger partial charge in [0.2, 0.25) is 0 Å². The van der Waals surface area contributed by atoms with E-state index in [9.17, 15) is 4.79 Å². The minimum absolute atomic E-state index is 0.00479. The molecule has 0 heterocycles. The van der Waals surface area contributed by atoms with Crippen LogP contribution in [0.25, 0.3) is 0 Å². The summed E-state index contributed by atoms with van der Waals surface area (Å²) in [4.78, 5) is 11.0. The fraction of sp³-hybridized carbons (Fsp3) is 0.417. The maximum Gasteiger partial charge on any atom is 0.332 e. The lowest BCUT2D eigenvalue weighted by Crippen LogP contribution is -2.16. The topological polar surface area (TPSA) is 47.6 Å². The van der Waals surface area contributed by atoms with Crippen molar-refractivity contribution >= 4 is 43.5 Å². The Morgan fingerprint density at radius 2 is 2.17 bits per heavy atom. The van der Waals surface area contributed by atoms with Crippen LogP contribution in [0.4, 0.5) is 5.69 Å². The molecule has 0 spiro atoms. The first-order valence-corrected chi connectivity index (χ1v) is 7.14. The van der Waals surface area contributed by atoms with Gasteiger partial charge in [-0.15, -0.1) is 0 Å². The fourth-order valence-corrected chi connectivity index (χ4v) is 2.00. The maximum absolute atomic E-state index is 11.0. The third-order valence-corrected chi connectivity index (χ3v) is 3.20. The van der Waals surface area contributed by atoms with Crippen molar-refractivity contribution in [3.8, 4) is 0 Å². The number of halogens is 2. The molecule has 0 aliphatic carbocycles. The summed E-state index contributed by atoms with van der Waals surface area (Å²) < 4.78 is 11.9. The van der Waals surface area contributed by atoms with E-state index in [0.717, 1.165) is 14.6 Å². The highest BCUT2D eigenvalue weighted by molar-refractivity contribution is 9.11. The Hall–Kier alpha value is -0.590. The molecule has 0 bridgehead atoms. The Bertz CT molecular complexity index is 399. The third kappa shape index (κ3) is 5.84. The van der Waals surface area contributed by atoms with Crippen LogP contribution in [-0.4, -0.2) is 32.3 Å². The maximum atomic E-state index is 11.0. The number of ether oxygens (including phenoxy) is 2. The Kier molecular flexibility index (Phi) is 7.31. The van der Waals surface area contributed by atoms with Crippen molar-refractivity contribution in [3.05, 3.63) is 27.1 Å². The number of hydrogen-bond acceptors (Lipinski definition) is 4. The summed E-state index contributed by atoms with van der Waals surface area (Å²) in [6.45, 7) is 3.21. The Morgan fingerprint density at radius 1 is 1.39 bits per heavy atom. The van der Waals surface area contributed by atoms with Gasteiger partial charge in [-0.1, -0.05) is 15.9 Å². The van der Waals surface area contributed by atoms with Crippen LogP contribution in [-0.2, 0) is 14.3 Å². The SMILES string of the molecule is CCOC(=O)COCCNc1cc(Br)ccc1Br. The first kappa shape index (κ1) is 15.5. The highest BCUT2D eigenvalue weighted by Gasteiger charge is 2.02. The highest BCUT2D eigenvalue weighted by atomic mass is 79.9. The molecule has 0 amide bonds. The van der Waals surface area contributed by atoms with Crippen molar-refractivity contribution < 1.29 is 14.3 Å². The van der Waals surface area contributed by atoms with Crippen LogP contribution in [0.2, 0.25) is 0 Å². The van der Waals surface area contributed by atoms with Crippen LogP contribution in [0.5, 0.6) is 0 Å². The van der Waals surface area contributed by atoms with E-state index < -0.39 is 0 Å². The second-order valence-electron chi connectivity index (χ2n) is 3.41. The van der Waals surface area contributed by atoms with Crippen molar-refractivity contribution in [1.82, 2.24) is 0 Å². The molecule has 1 aromatic carbocycles. The lowest BCUT2D eigenvalue weighted by molar-refractivity contribution is -0.148. The van der Waals surface area contributed by atoms with Crippen molar-refractivity contribution in [2.45, 2.75) is 6.92 Å². The quantitative estimate of drug-likeness (QED) is 0.582. The van der Waals surface area contributed by atoms with E-state index in [4.69, 9.17) is 9.47 Å². The minimum Gasteiger partial charge on any atom is -0.464 e. The van der Waals surface area contributed by atoms with Crippen molar-refractivity contribution in [2.75, 3.05) is 31.7 Å². The van der Waals surface area contributed by atoms with Gasteiger partial charge in [-0.2, -0.15) is 0 Å². The van der Waals surface area contributed by atoms with E-state index >= 15 is 0 Å². The van der Waals surface area contributed by atoms with Gasteiger partial charge in [0.25, 0.3) is 0 Å². The summed E-state index contributed by atoms with van der Waals surface area (Å²) in [7, 11) is 0. The van der Waals surface area contributed by atoms with Gasteiger partial charge in [0.1, 0.15) is 6.61 Å². The molecule has 0 fully saturated rings. The number of anilines is 1. The number of hydrogen-bond donors (Lipinski definition) is 1. The summed E-state index contributed by atoms with van der Waals surface area (Å²) in [6, 6.07) is 5.87. The summed E-state index contributed by atoms with van der Waals surface area (Å²) in [5, 5.41) is 3.21. The molecule has 0 radical (unpaired) electrons. The largest absolute Gasteiger partial charge is 0.464 e. The van der Waals surface area contributed by atoms with Crippen molar-refractivity contribution in [3.63, 3.8) is 0 Å². The van der Waals surface area contributed by atoms with Gasteiger partial charge in [0.15, 0.2) is 0 Å². The first-order valence-electron chi connectivity index (χ1n) is 5.55. The van der Waals surface area contributed by atoms with Gasteiger partial charge in [0, 0.05) is 21.2 Å². The van der Waals surface area contributed by atoms with E-state index in [0.29, 0.717) is 19.8 Å². The minimum atomic E-state index is -0.332. The number of benzene rings is 1. The molecule has 1 rings (SSSR count). The lowest BCUT2D eigenvalue weighted by Gasteiger charge is -2.09. The second kappa shape index (κ2) is 8.50. The van der Waals surface area contributed by atoms with Crippen LogP contribution < -0.4 is 5.32 Å². The number of nitrogens with one attached hydrogen (secondary N) is 1. The highest BCUT2D eigenvalue weighted by Crippen LogP contribution is 2.25. The summed E-state index contributed by atoms with van der Waals surface area (Å²) in [5.74, 6) is -0.332. The third-order valence-electron chi connectivity index (χ3n) is 2.02. The summed E-state index contributed by atoms with van der Waals surface area (Å²) in [6.07, 6.45) is 0. The Morgan fingerprint density at radius 3 is 2.89 bits per heavy atom. The van der Waals surface area contributed by atoms with Gasteiger partial charge >= 0.3 is 5.97 Å². The normalized spacial score (nSPS) is 10.2. The van der Waals surface area contributed by atoms with Gasteiger partial charge in [-0.05, 0) is 41.1 Å². The molecule has 6 heteroatoms. The first-order chi connectivity index (χ1) is 8.63. The zero-order valence-electron chi connectivity index (χ0n) is 10.0. The van der Waals surface area contributed by atoms with Crippen LogP contribution in [0.3, 0.4) is 0 Å². The molecule has 1 N–H and O–H groups in total. The number of carbonyl (C=O) groups excluding carboxylic acids is 1. The predicted octanol–water partition coefficient (Wildman–Crippen LogP) is 3.20. The number of rotatable bonds is 7. The van der Waals surface area contributed by atoms with Gasteiger partial charge in [0.05, 0.1) is 13.2 Å². The smallest absolute Gasteiger partial charge is 0.332 e. The van der Waals surface area contributed by atoms with E-state index in [-0.39, 0.29) is 12.6 Å². The molecule has 0 atom stereocenters. The predicted molar refractivity (Wildman–Crippen MR) is 77.8 cm³/mol. The van der Waals surface area contributed by atoms with Gasteiger partial charge in [-0.25, -0.2) is 4.79 Å². The molecule has 0 aromatic heterocycles. The molecule has 0 unspecified atom stereocenters. The standard InChI is InChI=1S/C12H15Br2NO3/c1-2-18-12(16)8-17-6-5-15-11-7-9(13)3-4-10(11)14/h3-4,7,15H,2,5-6,8H2,1H3. The summed E-state index contributed by atoms with van der Waals surface area (Å²) in [5.41, 5.74) is 0.976. The molecule has 18 heavy (non-hydrogen) atoms. The second-order valence-corrected chi connectivity index (χ2v) is 5.18. The number of carbonyl (C=O) groups is 1. The molecule has 0 saturated carbocycles. The molecular formula is C12H15Br2NO3. The molecule has 0 aliphatic heterocycles. The molecule has 0 saturated heterocycles. The van der Waals surface area contributed by atoms with E-state index in [2.05, 4.69) is 37.2 Å². The molecule has 1 aromatic rings. The summed E-state index contributed by atoms with van der Waals surface area (Å²) >= 11 is 6.85. The van der Waals surface area contributed by atoms with Crippen LogP contribution in [0, 0.1) is 0 Å². The average Bonchev–Trinajstić information content (AvgIpc) is 2.33. The fourth-order valence-electron chi connectivity index (χ4n) is 1.25. The van der Waals surface area contributed by atoms with E-state index in [1.54, 1.807) is 6.92 Å². The Labute approximate surface area is 123 Å². The molecule has 100 valence electrons. The monoisotopic (exact) mass is 379 g/mol. The van der Waals surface area contributed by atoms with Crippen molar-refractivity contribution in [1.29, 1.82) is 0 Å². The number of esters is 1. The zero-order chi connectivity index (χ0) is 13.4. The average molecular weight is 381 g/mol. The molecular weight excluding hydrogens is 366 g/mol. The van der Waals surface area contributed by atoms with Crippen molar-refractivity contribution in [2.24, 2.45) is 0 Å². The zero-order valence-corrected chi connectivity index (χ0v) is 13.2. The van der Waals surface area contributed by atoms with Gasteiger partial charge < -0.3 is 14.8 Å². The van der Waals surface area contributed by atoms with Gasteiger partial charge in [-0.3, -0.25) is 0 Å². The van der Waals surface area contributed by atoms with E-state index in [1.165, 1.54) is 0 Å². The van der Waals surface area contributed by atoms with E-state index in [1.807, 2.05) is 18.2 Å². The lowest BCUT2D eigenvalue weighted by atomic mass is 10.3. The molecule has 4 nitrogen and oxygen atoms in total. The van der Waals surface area contributed by atoms with Crippen LogP contribution >= 0.6 is 31.9 Å². The molecule has 0 aliphatic rings.